The molecule has 2 heterocycles. The molecule has 2 aromatic carbocycles. The van der Waals surface area contributed by atoms with Crippen LogP contribution in [0.5, 0.6) is 0 Å². The number of piperidine rings is 1. The maximum atomic E-state index is 13.8. The number of carbonyl (C=O) groups excluding carboxylic acids is 2. The number of benzene rings is 2. The number of nitrogens with zero attached hydrogens (tertiary/aromatic N) is 2. The molecule has 1 aliphatic rings. The van der Waals surface area contributed by atoms with Crippen molar-refractivity contribution in [2.24, 2.45) is 0 Å². The second-order valence-corrected chi connectivity index (χ2v) is 11.4. The Kier molecular flexibility index (Phi) is 11.1. The maximum absolute atomic E-state index is 13.8. The van der Waals surface area contributed by atoms with Gasteiger partial charge in [0.1, 0.15) is 10.9 Å². The first-order valence-corrected chi connectivity index (χ1v) is 14.5. The third-order valence-corrected chi connectivity index (χ3v) is 8.29. The summed E-state index contributed by atoms with van der Waals surface area (Å²) in [6.45, 7) is 1.37. The van der Waals surface area contributed by atoms with Crippen LogP contribution in [0.1, 0.15) is 31.9 Å². The first kappa shape index (κ1) is 32.6. The number of carbonyl (C=O) groups is 2. The van der Waals surface area contributed by atoms with E-state index in [2.05, 4.69) is 15.0 Å². The lowest BCUT2D eigenvalue weighted by Gasteiger charge is -2.31. The van der Waals surface area contributed by atoms with E-state index in [0.717, 1.165) is 0 Å². The molecular formula is C29H32ClF2N5O4S. The van der Waals surface area contributed by atoms with E-state index in [1.54, 1.807) is 48.5 Å². The Morgan fingerprint density at radius 1 is 1.02 bits per heavy atom. The fraction of sp³-hybridized carbons (Fsp3) is 0.276. The lowest BCUT2D eigenvalue weighted by molar-refractivity contribution is -0.133. The van der Waals surface area contributed by atoms with E-state index in [4.69, 9.17) is 5.73 Å². The number of likely N-dealkylation sites (tertiary alicyclic amines) is 1. The number of rotatable bonds is 9. The van der Waals surface area contributed by atoms with Crippen molar-refractivity contribution in [3.05, 3.63) is 84.2 Å². The summed E-state index contributed by atoms with van der Waals surface area (Å²) < 4.78 is 56.4. The molecule has 1 atom stereocenters. The van der Waals surface area contributed by atoms with Gasteiger partial charge in [-0.1, -0.05) is 42.5 Å². The van der Waals surface area contributed by atoms with E-state index < -0.39 is 34.0 Å². The van der Waals surface area contributed by atoms with E-state index in [9.17, 15) is 26.8 Å². The summed E-state index contributed by atoms with van der Waals surface area (Å²) in [7, 11) is -4.37. The SMILES string of the molecule is CC(=O)Nc1c(-c2ccccc2)cccc1S(=O)(=O)NC(CCc1ccc(N)cn1)C(=O)N1CCC(=C(F)F)CC1.Cl. The van der Waals surface area contributed by atoms with Crippen LogP contribution in [0.3, 0.4) is 0 Å². The number of amides is 2. The number of hydrogen-bond donors (Lipinski definition) is 3. The normalized spacial score (nSPS) is 14.1. The minimum absolute atomic E-state index is 0. The Hall–Kier alpha value is -3.87. The predicted octanol–water partition coefficient (Wildman–Crippen LogP) is 4.76. The number of anilines is 2. The number of hydrogen-bond acceptors (Lipinski definition) is 6. The topological polar surface area (TPSA) is 134 Å². The van der Waals surface area contributed by atoms with Gasteiger partial charge < -0.3 is 16.0 Å². The van der Waals surface area contributed by atoms with Gasteiger partial charge in [-0.2, -0.15) is 13.5 Å². The molecule has 1 aliphatic heterocycles. The molecule has 1 unspecified atom stereocenters. The van der Waals surface area contributed by atoms with Crippen LogP contribution < -0.4 is 15.8 Å². The number of halogens is 3. The highest BCUT2D eigenvalue weighted by Gasteiger charge is 2.33. The molecule has 1 aromatic heterocycles. The molecule has 3 aromatic rings. The van der Waals surface area contributed by atoms with Crippen molar-refractivity contribution in [2.45, 2.75) is 43.5 Å². The van der Waals surface area contributed by atoms with Crippen LogP contribution >= 0.6 is 12.4 Å². The largest absolute Gasteiger partial charge is 0.397 e. The van der Waals surface area contributed by atoms with Crippen molar-refractivity contribution in [2.75, 3.05) is 24.1 Å². The zero-order valence-electron chi connectivity index (χ0n) is 22.8. The molecule has 1 fully saturated rings. The summed E-state index contributed by atoms with van der Waals surface area (Å²) >= 11 is 0. The van der Waals surface area contributed by atoms with Crippen molar-refractivity contribution < 1.29 is 26.8 Å². The molecule has 0 bridgehead atoms. The number of nitrogens with one attached hydrogen (secondary N) is 2. The molecule has 224 valence electrons. The van der Waals surface area contributed by atoms with Gasteiger partial charge in [0.15, 0.2) is 0 Å². The van der Waals surface area contributed by atoms with Crippen LogP contribution in [0.15, 0.2) is 83.4 Å². The number of aryl methyl sites for hydroxylation is 1. The minimum atomic E-state index is -4.37. The molecule has 4 rings (SSSR count). The van der Waals surface area contributed by atoms with Gasteiger partial charge >= 0.3 is 0 Å². The summed E-state index contributed by atoms with van der Waals surface area (Å²) in [6, 6.07) is 15.7. The second kappa shape index (κ2) is 14.3. The minimum Gasteiger partial charge on any atom is -0.397 e. The van der Waals surface area contributed by atoms with Gasteiger partial charge in [0, 0.05) is 31.3 Å². The highest BCUT2D eigenvalue weighted by Crippen LogP contribution is 2.34. The van der Waals surface area contributed by atoms with Crippen molar-refractivity contribution in [1.82, 2.24) is 14.6 Å². The Morgan fingerprint density at radius 2 is 1.71 bits per heavy atom. The summed E-state index contributed by atoms with van der Waals surface area (Å²) in [5.41, 5.74) is 8.02. The smallest absolute Gasteiger partial charge is 0.269 e. The molecular weight excluding hydrogens is 588 g/mol. The highest BCUT2D eigenvalue weighted by molar-refractivity contribution is 7.89. The standard InChI is InChI=1S/C29H31F2N5O4S.ClH/c1-19(37)34-27-24(20-6-3-2-4-7-20)8-5-9-26(27)41(39,40)35-25(13-12-23-11-10-22(32)18-33-23)29(38)36-16-14-21(15-17-36)28(30)31;/h2-11,18,25,35H,12-17,32H2,1H3,(H,34,37);1H. The van der Waals surface area contributed by atoms with Gasteiger partial charge in [-0.05, 0) is 55.0 Å². The van der Waals surface area contributed by atoms with E-state index >= 15 is 0 Å². The molecule has 0 saturated carbocycles. The summed E-state index contributed by atoms with van der Waals surface area (Å²) in [5, 5.41) is 2.64. The van der Waals surface area contributed by atoms with Crippen molar-refractivity contribution >= 4 is 45.6 Å². The molecule has 1 saturated heterocycles. The Morgan fingerprint density at radius 3 is 2.31 bits per heavy atom. The first-order chi connectivity index (χ1) is 19.5. The fourth-order valence-corrected chi connectivity index (χ4v) is 6.09. The Balaban J connectivity index is 0.00000484. The molecule has 9 nitrogen and oxygen atoms in total. The first-order valence-electron chi connectivity index (χ1n) is 13.1. The van der Waals surface area contributed by atoms with E-state index in [1.165, 1.54) is 24.1 Å². The summed E-state index contributed by atoms with van der Waals surface area (Å²) in [5.74, 6) is -0.994. The van der Waals surface area contributed by atoms with Gasteiger partial charge in [0.25, 0.3) is 6.08 Å². The number of pyridine rings is 1. The molecule has 2 amide bonds. The fourth-order valence-electron chi connectivity index (χ4n) is 4.68. The summed E-state index contributed by atoms with van der Waals surface area (Å²) in [4.78, 5) is 31.1. The van der Waals surface area contributed by atoms with E-state index in [1.807, 2.05) is 6.07 Å². The van der Waals surface area contributed by atoms with Crippen molar-refractivity contribution in [1.29, 1.82) is 0 Å². The van der Waals surface area contributed by atoms with Gasteiger partial charge in [-0.3, -0.25) is 14.6 Å². The van der Waals surface area contributed by atoms with Crippen LogP contribution in [0.2, 0.25) is 0 Å². The second-order valence-electron chi connectivity index (χ2n) is 9.71. The van der Waals surface area contributed by atoms with Gasteiger partial charge in [-0.15, -0.1) is 12.4 Å². The monoisotopic (exact) mass is 619 g/mol. The number of nitrogen functional groups attached to an aromatic ring is 1. The number of sulfonamides is 1. The molecule has 4 N–H and O–H groups in total. The maximum Gasteiger partial charge on any atom is 0.269 e. The van der Waals surface area contributed by atoms with Crippen molar-refractivity contribution in [3.63, 3.8) is 0 Å². The predicted molar refractivity (Wildman–Crippen MR) is 160 cm³/mol. The van der Waals surface area contributed by atoms with Crippen LogP contribution in [0.25, 0.3) is 11.1 Å². The van der Waals surface area contributed by atoms with Gasteiger partial charge in [0.05, 0.1) is 17.6 Å². The van der Waals surface area contributed by atoms with Crippen LogP contribution in [-0.4, -0.2) is 49.2 Å². The third-order valence-electron chi connectivity index (χ3n) is 6.78. The third kappa shape index (κ3) is 8.11. The number of nitrogens with two attached hydrogens (primary N) is 1. The Bertz CT molecular complexity index is 1540. The lowest BCUT2D eigenvalue weighted by Crippen LogP contribution is -2.50. The van der Waals surface area contributed by atoms with Crippen LogP contribution in [0, 0.1) is 0 Å². The van der Waals surface area contributed by atoms with Gasteiger partial charge in [-0.25, -0.2) is 8.42 Å². The molecule has 0 radical (unpaired) electrons. The van der Waals surface area contributed by atoms with Gasteiger partial charge in [0.2, 0.25) is 21.8 Å². The molecule has 13 heteroatoms. The molecule has 0 spiro atoms. The zero-order valence-corrected chi connectivity index (χ0v) is 24.5. The average Bonchev–Trinajstić information content (AvgIpc) is 2.96. The lowest BCUT2D eigenvalue weighted by atomic mass is 10.0. The number of para-hydroxylation sites is 1. The molecule has 42 heavy (non-hydrogen) atoms. The van der Waals surface area contributed by atoms with Crippen molar-refractivity contribution in [3.8, 4) is 11.1 Å². The average molecular weight is 620 g/mol. The highest BCUT2D eigenvalue weighted by atomic mass is 35.5. The summed E-state index contributed by atoms with van der Waals surface area (Å²) in [6.07, 6.45) is 0.0549. The quantitative estimate of drug-likeness (QED) is 0.316. The van der Waals surface area contributed by atoms with E-state index in [0.29, 0.717) is 22.5 Å². The molecule has 0 aliphatic carbocycles. The van der Waals surface area contributed by atoms with Crippen LogP contribution in [0.4, 0.5) is 20.2 Å². The van der Waals surface area contributed by atoms with Crippen LogP contribution in [-0.2, 0) is 26.0 Å². The number of aromatic nitrogens is 1. The Labute approximate surface area is 249 Å². The zero-order chi connectivity index (χ0) is 29.6. The van der Waals surface area contributed by atoms with E-state index in [-0.39, 0.29) is 67.3 Å².